The van der Waals surface area contributed by atoms with Crippen LogP contribution in [0.5, 0.6) is 0 Å². The van der Waals surface area contributed by atoms with E-state index in [9.17, 15) is 4.79 Å². The van der Waals surface area contributed by atoms with Crippen molar-refractivity contribution in [1.29, 1.82) is 0 Å². The number of fused-ring (bicyclic) bond motifs is 2. The molecule has 2 nitrogen and oxygen atoms in total. The minimum atomic E-state index is -0.153. The number of terminal acetylenes is 1. The Morgan fingerprint density at radius 1 is 1.53 bits per heavy atom. The van der Waals surface area contributed by atoms with Crippen LogP contribution in [0.3, 0.4) is 0 Å². The van der Waals surface area contributed by atoms with Crippen molar-refractivity contribution < 1.29 is 9.90 Å². The Hall–Kier alpha value is -0.810. The number of aliphatic hydroxyl groups is 1. The maximum atomic E-state index is 11.6. The summed E-state index contributed by atoms with van der Waals surface area (Å²) in [5, 5.41) is 7.64. The van der Waals surface area contributed by atoms with Gasteiger partial charge in [0.05, 0.1) is 0 Å². The van der Waals surface area contributed by atoms with Gasteiger partial charge >= 0.3 is 0 Å². The monoisotopic (exact) mass is 208 g/mol. The summed E-state index contributed by atoms with van der Waals surface area (Å²) in [6, 6.07) is 0. The van der Waals surface area contributed by atoms with E-state index in [1.54, 1.807) is 0 Å². The smallest absolute Gasteiger partial charge is 0.139 e. The molecule has 0 aromatic heterocycles. The zero-order chi connectivity index (χ0) is 11.7. The Morgan fingerprint density at radius 2 is 2.07 bits per heavy atom. The van der Waals surface area contributed by atoms with Crippen LogP contribution in [-0.2, 0) is 4.79 Å². The number of carbonyl (C=O) groups is 1. The molecule has 1 N–H and O–H groups in total. The Kier molecular flexibility index (Phi) is 3.25. The highest BCUT2D eigenvalue weighted by atomic mass is 16.2. The highest BCUT2D eigenvalue weighted by molar-refractivity contribution is 5.89. The fourth-order valence-electron chi connectivity index (χ4n) is 2.90. The third-order valence-corrected chi connectivity index (χ3v) is 4.57. The second kappa shape index (κ2) is 3.98. The van der Waals surface area contributed by atoms with Gasteiger partial charge in [0.25, 0.3) is 0 Å². The van der Waals surface area contributed by atoms with Crippen LogP contribution in [0, 0.1) is 29.1 Å². The molecule has 2 rings (SSSR count). The van der Waals surface area contributed by atoms with Gasteiger partial charge in [-0.05, 0) is 24.2 Å². The first kappa shape index (κ1) is 12.3. The molecule has 0 aliphatic heterocycles. The number of aliphatic hydroxyl groups excluding tert-OH is 1. The SMILES string of the molecule is C#CCO.CC12CCC(CC1=O)C2(C)C. The van der Waals surface area contributed by atoms with Crippen LogP contribution in [0.1, 0.15) is 40.0 Å². The summed E-state index contributed by atoms with van der Waals surface area (Å²) < 4.78 is 0. The van der Waals surface area contributed by atoms with Gasteiger partial charge in [-0.2, -0.15) is 0 Å². The molecule has 0 aromatic rings. The maximum Gasteiger partial charge on any atom is 0.139 e. The van der Waals surface area contributed by atoms with E-state index >= 15 is 0 Å². The topological polar surface area (TPSA) is 37.3 Å². The first-order chi connectivity index (χ1) is 6.90. The lowest BCUT2D eigenvalue weighted by Gasteiger charge is -2.32. The van der Waals surface area contributed by atoms with Crippen molar-refractivity contribution >= 4 is 5.78 Å². The molecule has 15 heavy (non-hydrogen) atoms. The molecule has 2 fully saturated rings. The average Bonchev–Trinajstić information content (AvgIpc) is 2.51. The second-order valence-corrected chi connectivity index (χ2v) is 5.28. The number of rotatable bonds is 0. The number of ketones is 1. The summed E-state index contributed by atoms with van der Waals surface area (Å²) in [6.07, 6.45) is 7.78. The van der Waals surface area contributed by atoms with E-state index in [1.807, 2.05) is 5.92 Å². The molecule has 0 aromatic carbocycles. The van der Waals surface area contributed by atoms with Gasteiger partial charge in [-0.25, -0.2) is 0 Å². The van der Waals surface area contributed by atoms with E-state index in [-0.39, 0.29) is 17.4 Å². The van der Waals surface area contributed by atoms with Crippen molar-refractivity contribution in [1.82, 2.24) is 0 Å². The Bertz CT molecular complexity index is 298. The summed E-state index contributed by atoms with van der Waals surface area (Å²) in [5.74, 6) is 3.18. The van der Waals surface area contributed by atoms with Crippen LogP contribution in [-0.4, -0.2) is 17.5 Å². The number of hydrogen-bond donors (Lipinski definition) is 1. The molecule has 2 aliphatic rings. The zero-order valence-electron chi connectivity index (χ0n) is 9.84. The first-order valence-electron chi connectivity index (χ1n) is 5.47. The largest absolute Gasteiger partial charge is 0.384 e. The summed E-state index contributed by atoms with van der Waals surface area (Å²) >= 11 is 0. The average molecular weight is 208 g/mol. The van der Waals surface area contributed by atoms with Gasteiger partial charge in [-0.3, -0.25) is 4.79 Å². The van der Waals surface area contributed by atoms with Gasteiger partial charge in [-0.1, -0.05) is 26.7 Å². The van der Waals surface area contributed by atoms with Crippen LogP contribution in [0.4, 0.5) is 0 Å². The summed E-state index contributed by atoms with van der Waals surface area (Å²) in [6.45, 7) is 6.52. The van der Waals surface area contributed by atoms with Gasteiger partial charge in [0.15, 0.2) is 0 Å². The van der Waals surface area contributed by atoms with Gasteiger partial charge in [0.1, 0.15) is 12.4 Å². The third-order valence-electron chi connectivity index (χ3n) is 4.57. The van der Waals surface area contributed by atoms with E-state index in [0.29, 0.717) is 11.7 Å². The molecule has 2 atom stereocenters. The van der Waals surface area contributed by atoms with Crippen molar-refractivity contribution in [2.45, 2.75) is 40.0 Å². The first-order valence-corrected chi connectivity index (χ1v) is 5.47. The summed E-state index contributed by atoms with van der Waals surface area (Å²) in [7, 11) is 0. The molecular weight excluding hydrogens is 188 g/mol. The highest BCUT2D eigenvalue weighted by Crippen LogP contribution is 2.63. The highest BCUT2D eigenvalue weighted by Gasteiger charge is 2.61. The third kappa shape index (κ3) is 1.70. The van der Waals surface area contributed by atoms with Crippen molar-refractivity contribution in [3.63, 3.8) is 0 Å². The van der Waals surface area contributed by atoms with Gasteiger partial charge in [-0.15, -0.1) is 6.42 Å². The standard InChI is InChI=1S/C10H16O.C3H4O/c1-9(2)7-4-5-10(9,3)8(11)6-7;1-2-3-4/h7H,4-6H2,1-3H3;1,4H,3H2. The molecule has 2 saturated carbocycles. The van der Waals surface area contributed by atoms with Crippen LogP contribution < -0.4 is 0 Å². The Balaban J connectivity index is 0.000000245. The summed E-state index contributed by atoms with van der Waals surface area (Å²) in [5.41, 5.74) is 0.307. The molecule has 2 heteroatoms. The molecule has 0 spiro atoms. The van der Waals surface area contributed by atoms with Gasteiger partial charge in [0.2, 0.25) is 0 Å². The number of hydrogen-bond acceptors (Lipinski definition) is 2. The normalized spacial score (nSPS) is 35.7. The molecular formula is C13H20O2. The van der Waals surface area contributed by atoms with Crippen LogP contribution >= 0.6 is 0 Å². The van der Waals surface area contributed by atoms with Crippen LogP contribution in [0.15, 0.2) is 0 Å². The van der Waals surface area contributed by atoms with Crippen LogP contribution in [0.25, 0.3) is 0 Å². The number of Topliss-reactive ketones (excluding diaryl/α,β-unsaturated/α-hetero) is 1. The fourth-order valence-corrected chi connectivity index (χ4v) is 2.90. The molecule has 84 valence electrons. The maximum absolute atomic E-state index is 11.6. The van der Waals surface area contributed by atoms with E-state index in [4.69, 9.17) is 5.11 Å². The lowest BCUT2D eigenvalue weighted by atomic mass is 9.70. The van der Waals surface area contributed by atoms with Crippen molar-refractivity contribution in [2.24, 2.45) is 16.7 Å². The molecule has 2 aliphatic carbocycles. The lowest BCUT2D eigenvalue weighted by molar-refractivity contribution is -0.128. The Morgan fingerprint density at radius 3 is 2.20 bits per heavy atom. The van der Waals surface area contributed by atoms with Crippen molar-refractivity contribution in [3.8, 4) is 12.3 Å². The molecule has 0 saturated heterocycles. The summed E-state index contributed by atoms with van der Waals surface area (Å²) in [4.78, 5) is 11.6. The molecule has 2 bridgehead atoms. The second-order valence-electron chi connectivity index (χ2n) is 5.28. The quantitative estimate of drug-likeness (QED) is 0.618. The van der Waals surface area contributed by atoms with Crippen molar-refractivity contribution in [2.75, 3.05) is 6.61 Å². The van der Waals surface area contributed by atoms with E-state index < -0.39 is 0 Å². The molecule has 2 unspecified atom stereocenters. The lowest BCUT2D eigenvalue weighted by Crippen LogP contribution is -2.32. The molecule has 0 heterocycles. The Labute approximate surface area is 92.1 Å². The van der Waals surface area contributed by atoms with E-state index in [1.165, 1.54) is 6.42 Å². The molecule has 0 amide bonds. The fraction of sp³-hybridized carbons (Fsp3) is 0.769. The van der Waals surface area contributed by atoms with E-state index in [2.05, 4.69) is 27.2 Å². The van der Waals surface area contributed by atoms with Gasteiger partial charge in [0, 0.05) is 11.8 Å². The van der Waals surface area contributed by atoms with Crippen LogP contribution in [0.2, 0.25) is 0 Å². The zero-order valence-corrected chi connectivity index (χ0v) is 9.84. The minimum absolute atomic E-state index is 0.0255. The minimum Gasteiger partial charge on any atom is -0.384 e. The predicted octanol–water partition coefficient (Wildman–Crippen LogP) is 2.01. The van der Waals surface area contributed by atoms with Crippen molar-refractivity contribution in [3.05, 3.63) is 0 Å². The van der Waals surface area contributed by atoms with E-state index in [0.717, 1.165) is 12.8 Å². The van der Waals surface area contributed by atoms with Gasteiger partial charge < -0.3 is 5.11 Å². The molecule has 0 radical (unpaired) electrons. The predicted molar refractivity (Wildman–Crippen MR) is 60.2 cm³/mol. The number of carbonyl (C=O) groups excluding carboxylic acids is 1.